The molecule has 0 saturated carbocycles. The zero-order valence-corrected chi connectivity index (χ0v) is 13.7. The van der Waals surface area contributed by atoms with Gasteiger partial charge in [0.05, 0.1) is 5.82 Å². The zero-order chi connectivity index (χ0) is 13.2. The Morgan fingerprint density at radius 3 is 2.63 bits per heavy atom. The van der Waals surface area contributed by atoms with Gasteiger partial charge < -0.3 is 4.57 Å². The fourth-order valence-corrected chi connectivity index (χ4v) is 1.86. The summed E-state index contributed by atoms with van der Waals surface area (Å²) in [5, 5.41) is 0. The molecule has 4 heteroatoms. The van der Waals surface area contributed by atoms with Gasteiger partial charge in [-0.25, -0.2) is 4.85 Å². The summed E-state index contributed by atoms with van der Waals surface area (Å²) in [6.45, 7) is 13.7. The van der Waals surface area contributed by atoms with Crippen molar-refractivity contribution in [3.63, 3.8) is 0 Å². The van der Waals surface area contributed by atoms with E-state index < -0.39 is 0 Å². The van der Waals surface area contributed by atoms with Crippen molar-refractivity contribution in [1.29, 1.82) is 0 Å². The van der Waals surface area contributed by atoms with E-state index in [9.17, 15) is 0 Å². The Balaban J connectivity index is 0.00000180. The summed E-state index contributed by atoms with van der Waals surface area (Å²) in [5.41, 5.74) is 1.77. The Hall–Kier alpha value is -1.43. The van der Waals surface area contributed by atoms with Gasteiger partial charge >= 0.3 is 0 Å². The van der Waals surface area contributed by atoms with Crippen LogP contribution in [0.2, 0.25) is 0 Å². The van der Waals surface area contributed by atoms with Gasteiger partial charge in [-0.15, -0.1) is 0 Å². The standard InChI is InChI=1S/C15H16N3.Ir/c1-15(2,3)11-13-12(16-4)8-10-18(13)14-7-5-6-9-17-14;/h5-9H,11H2,1-3H3;/q-1;. The van der Waals surface area contributed by atoms with Gasteiger partial charge in [0.2, 0.25) is 5.69 Å². The Morgan fingerprint density at radius 2 is 2.11 bits per heavy atom. The molecule has 0 aromatic carbocycles. The fourth-order valence-electron chi connectivity index (χ4n) is 1.86. The molecule has 2 heterocycles. The van der Waals surface area contributed by atoms with E-state index in [0.717, 1.165) is 17.9 Å². The Morgan fingerprint density at radius 1 is 1.37 bits per heavy atom. The third kappa shape index (κ3) is 3.76. The molecule has 1 radical (unpaired) electrons. The first-order valence-corrected chi connectivity index (χ1v) is 5.92. The Kier molecular flexibility index (Phi) is 5.05. The first-order valence-electron chi connectivity index (χ1n) is 5.92. The first kappa shape index (κ1) is 15.6. The Bertz CT molecular complexity index is 574. The minimum atomic E-state index is 0. The van der Waals surface area contributed by atoms with E-state index >= 15 is 0 Å². The molecule has 3 nitrogen and oxygen atoms in total. The van der Waals surface area contributed by atoms with E-state index in [4.69, 9.17) is 6.57 Å². The third-order valence-corrected chi connectivity index (χ3v) is 2.59. The summed E-state index contributed by atoms with van der Waals surface area (Å²) in [5.74, 6) is 0.812. The monoisotopic (exact) mass is 431 g/mol. The van der Waals surface area contributed by atoms with Crippen molar-refractivity contribution < 1.29 is 20.1 Å². The second-order valence-electron chi connectivity index (χ2n) is 5.48. The molecule has 2 rings (SSSR count). The molecule has 0 spiro atoms. The average molecular weight is 431 g/mol. The molecule has 0 atom stereocenters. The summed E-state index contributed by atoms with van der Waals surface area (Å²) in [4.78, 5) is 7.89. The molecule has 19 heavy (non-hydrogen) atoms. The molecular weight excluding hydrogens is 414 g/mol. The van der Waals surface area contributed by atoms with E-state index in [1.807, 2.05) is 22.8 Å². The molecule has 0 unspecified atom stereocenters. The fraction of sp³-hybridized carbons (Fsp3) is 0.333. The predicted molar refractivity (Wildman–Crippen MR) is 71.8 cm³/mol. The van der Waals surface area contributed by atoms with E-state index in [2.05, 4.69) is 36.8 Å². The van der Waals surface area contributed by atoms with Crippen LogP contribution < -0.4 is 0 Å². The van der Waals surface area contributed by atoms with E-state index in [1.54, 1.807) is 12.3 Å². The Labute approximate surface area is 127 Å². The first-order chi connectivity index (χ1) is 8.51. The van der Waals surface area contributed by atoms with E-state index in [1.165, 1.54) is 0 Å². The maximum Gasteiger partial charge on any atom is 0.225 e. The summed E-state index contributed by atoms with van der Waals surface area (Å²) >= 11 is 0. The molecule has 0 aliphatic carbocycles. The van der Waals surface area contributed by atoms with Gasteiger partial charge in [-0.3, -0.25) is 4.98 Å². The zero-order valence-electron chi connectivity index (χ0n) is 11.3. The summed E-state index contributed by atoms with van der Waals surface area (Å²) < 4.78 is 1.89. The summed E-state index contributed by atoms with van der Waals surface area (Å²) in [7, 11) is 0. The molecule has 0 bridgehead atoms. The van der Waals surface area contributed by atoms with Crippen LogP contribution in [0.15, 0.2) is 30.5 Å². The van der Waals surface area contributed by atoms with Gasteiger partial charge in [0.25, 0.3) is 0 Å². The van der Waals surface area contributed by atoms with Crippen molar-refractivity contribution in [1.82, 2.24) is 9.55 Å². The van der Waals surface area contributed by atoms with Gasteiger partial charge in [0.1, 0.15) is 6.57 Å². The van der Waals surface area contributed by atoms with Gasteiger partial charge in [0, 0.05) is 26.3 Å². The molecule has 0 fully saturated rings. The van der Waals surface area contributed by atoms with Crippen LogP contribution in [0.25, 0.3) is 10.7 Å². The molecule has 2 aromatic rings. The van der Waals surface area contributed by atoms with Gasteiger partial charge in [-0.1, -0.05) is 39.1 Å². The second-order valence-corrected chi connectivity index (χ2v) is 5.48. The van der Waals surface area contributed by atoms with Crippen molar-refractivity contribution in [2.75, 3.05) is 0 Å². The molecule has 0 aliphatic heterocycles. The van der Waals surface area contributed by atoms with Crippen molar-refractivity contribution in [2.24, 2.45) is 5.41 Å². The number of hydrogen-bond donors (Lipinski definition) is 0. The molecule has 0 aliphatic rings. The van der Waals surface area contributed by atoms with E-state index in [-0.39, 0.29) is 25.5 Å². The van der Waals surface area contributed by atoms with Crippen LogP contribution in [0.3, 0.4) is 0 Å². The summed E-state index contributed by atoms with van der Waals surface area (Å²) in [6, 6.07) is 7.49. The van der Waals surface area contributed by atoms with Crippen LogP contribution in [0.1, 0.15) is 26.5 Å². The minimum absolute atomic E-state index is 0. The van der Waals surface area contributed by atoms with E-state index in [0.29, 0.717) is 5.69 Å². The third-order valence-electron chi connectivity index (χ3n) is 2.59. The maximum absolute atomic E-state index is 7.24. The van der Waals surface area contributed by atoms with Crippen molar-refractivity contribution >= 4 is 5.69 Å². The summed E-state index contributed by atoms with van der Waals surface area (Å²) in [6.07, 6.45) is 5.68. The molecule has 101 valence electrons. The maximum atomic E-state index is 7.24. The molecule has 0 saturated heterocycles. The quantitative estimate of drug-likeness (QED) is 0.665. The number of pyridine rings is 1. The van der Waals surface area contributed by atoms with Crippen LogP contribution in [-0.2, 0) is 26.5 Å². The molecule has 0 amide bonds. The van der Waals surface area contributed by atoms with Crippen LogP contribution in [-0.4, -0.2) is 9.55 Å². The number of aromatic nitrogens is 2. The van der Waals surface area contributed by atoms with Crippen molar-refractivity contribution in [3.8, 4) is 5.82 Å². The van der Waals surface area contributed by atoms with Crippen molar-refractivity contribution in [2.45, 2.75) is 27.2 Å². The average Bonchev–Trinajstić information content (AvgIpc) is 2.71. The molecule has 0 N–H and O–H groups in total. The van der Waals surface area contributed by atoms with Crippen LogP contribution in [0.4, 0.5) is 5.69 Å². The predicted octanol–water partition coefficient (Wildman–Crippen LogP) is 3.81. The van der Waals surface area contributed by atoms with Gasteiger partial charge in [-0.05, 0) is 29.7 Å². The van der Waals surface area contributed by atoms with Crippen LogP contribution in [0.5, 0.6) is 0 Å². The van der Waals surface area contributed by atoms with Gasteiger partial charge in [0.15, 0.2) is 0 Å². The molecular formula is C15H16IrN3-. The number of rotatable bonds is 2. The van der Waals surface area contributed by atoms with Gasteiger partial charge in [-0.2, -0.15) is 0 Å². The van der Waals surface area contributed by atoms with Crippen molar-refractivity contribution in [3.05, 3.63) is 53.8 Å². The normalized spacial score (nSPS) is 10.6. The minimum Gasteiger partial charge on any atom is -0.426 e. The molecule has 2 aromatic heterocycles. The SMILES string of the molecule is [C-]#[N+]c1c[c-]n(-c2ccccn2)c1CC(C)(C)C.[Ir]. The number of nitrogens with zero attached hydrogens (tertiary/aromatic N) is 3. The second kappa shape index (κ2) is 6.14. The topological polar surface area (TPSA) is 22.2 Å². The van der Waals surface area contributed by atoms with Crippen LogP contribution >= 0.6 is 0 Å². The smallest absolute Gasteiger partial charge is 0.225 e. The number of hydrogen-bond acceptors (Lipinski definition) is 1. The van der Waals surface area contributed by atoms with Crippen LogP contribution in [0, 0.1) is 18.2 Å². The largest absolute Gasteiger partial charge is 0.426 e.